The molecule has 0 fully saturated rings. The number of benzene rings is 3. The number of amides is 1. The monoisotopic (exact) mass is 393 g/mol. The average Bonchev–Trinajstić information content (AvgIpc) is 2.90. The first-order valence-electron chi connectivity index (χ1n) is 8.82. The zero-order chi connectivity index (χ0) is 19.9. The van der Waals surface area contributed by atoms with Gasteiger partial charge in [-0.15, -0.1) is 0 Å². The third-order valence-electron chi connectivity index (χ3n) is 4.79. The van der Waals surface area contributed by atoms with Crippen molar-refractivity contribution in [1.82, 2.24) is 5.43 Å². The van der Waals surface area contributed by atoms with Crippen molar-refractivity contribution >= 4 is 38.1 Å². The Morgan fingerprint density at radius 1 is 1.04 bits per heavy atom. The quantitative estimate of drug-likeness (QED) is 0.546. The summed E-state index contributed by atoms with van der Waals surface area (Å²) in [5, 5.41) is 5.59. The molecule has 28 heavy (non-hydrogen) atoms. The molecule has 1 aliphatic heterocycles. The van der Waals surface area contributed by atoms with E-state index in [1.807, 2.05) is 43.3 Å². The average molecular weight is 393 g/mol. The largest absolute Gasteiger partial charge is 0.271 e. The van der Waals surface area contributed by atoms with Gasteiger partial charge >= 0.3 is 0 Å². The molecule has 0 aliphatic carbocycles. The van der Waals surface area contributed by atoms with Crippen LogP contribution < -0.4 is 9.73 Å². The molecule has 0 unspecified atom stereocenters. The standard InChI is InChI=1S/C21H19N3O3S/c1-14-9-11-16(12-10-14)15(2)22-23-20(25)13-24-18-7-3-5-17-6-4-8-19(21(17)18)28(24,26)27/h3-12H,13H2,1-2H3,(H,23,25)/b22-15-. The Morgan fingerprint density at radius 3 is 2.43 bits per heavy atom. The van der Waals surface area contributed by atoms with Gasteiger partial charge in [0.2, 0.25) is 0 Å². The number of sulfonamides is 1. The summed E-state index contributed by atoms with van der Waals surface area (Å²) < 4.78 is 26.9. The van der Waals surface area contributed by atoms with E-state index in [-0.39, 0.29) is 11.4 Å². The van der Waals surface area contributed by atoms with Crippen molar-refractivity contribution in [3.8, 4) is 0 Å². The lowest BCUT2D eigenvalue weighted by atomic mass is 10.1. The summed E-state index contributed by atoms with van der Waals surface area (Å²) in [5.41, 5.74) is 5.64. The summed E-state index contributed by atoms with van der Waals surface area (Å²) in [7, 11) is -3.76. The van der Waals surface area contributed by atoms with Gasteiger partial charge in [0, 0.05) is 5.39 Å². The van der Waals surface area contributed by atoms with Crippen LogP contribution in [0.3, 0.4) is 0 Å². The van der Waals surface area contributed by atoms with Crippen LogP contribution in [-0.2, 0) is 14.8 Å². The van der Waals surface area contributed by atoms with Gasteiger partial charge in [-0.25, -0.2) is 13.8 Å². The molecule has 0 bridgehead atoms. The van der Waals surface area contributed by atoms with Gasteiger partial charge in [-0.3, -0.25) is 9.10 Å². The Hall–Kier alpha value is -3.19. The predicted molar refractivity (Wildman–Crippen MR) is 110 cm³/mol. The highest BCUT2D eigenvalue weighted by Crippen LogP contribution is 2.41. The Morgan fingerprint density at radius 2 is 1.71 bits per heavy atom. The fraction of sp³-hybridized carbons (Fsp3) is 0.143. The lowest BCUT2D eigenvalue weighted by Gasteiger charge is -2.17. The van der Waals surface area contributed by atoms with Gasteiger partial charge in [0.1, 0.15) is 6.54 Å². The van der Waals surface area contributed by atoms with E-state index >= 15 is 0 Å². The summed E-state index contributed by atoms with van der Waals surface area (Å²) in [6.45, 7) is 3.45. The lowest BCUT2D eigenvalue weighted by molar-refractivity contribution is -0.119. The molecule has 7 heteroatoms. The summed E-state index contributed by atoms with van der Waals surface area (Å²) in [4.78, 5) is 12.7. The van der Waals surface area contributed by atoms with E-state index in [2.05, 4.69) is 10.5 Å². The van der Waals surface area contributed by atoms with Gasteiger partial charge in [0.15, 0.2) is 0 Å². The van der Waals surface area contributed by atoms with Crippen LogP contribution in [0.1, 0.15) is 18.1 Å². The number of nitrogens with one attached hydrogen (secondary N) is 1. The molecule has 0 radical (unpaired) electrons. The molecule has 1 aliphatic rings. The molecule has 6 nitrogen and oxygen atoms in total. The maximum atomic E-state index is 12.9. The minimum atomic E-state index is -3.76. The Bertz CT molecular complexity index is 1210. The van der Waals surface area contributed by atoms with Crippen molar-refractivity contribution in [1.29, 1.82) is 0 Å². The van der Waals surface area contributed by atoms with Crippen LogP contribution >= 0.6 is 0 Å². The first-order valence-corrected chi connectivity index (χ1v) is 10.3. The fourth-order valence-electron chi connectivity index (χ4n) is 3.30. The van der Waals surface area contributed by atoms with Gasteiger partial charge in [-0.2, -0.15) is 5.10 Å². The summed E-state index contributed by atoms with van der Waals surface area (Å²) in [6, 6.07) is 18.3. The molecule has 1 N–H and O–H groups in total. The van der Waals surface area contributed by atoms with Crippen LogP contribution in [0, 0.1) is 6.92 Å². The highest BCUT2D eigenvalue weighted by molar-refractivity contribution is 7.93. The first kappa shape index (κ1) is 18.2. The molecule has 3 aromatic rings. The van der Waals surface area contributed by atoms with Gasteiger partial charge in [0.25, 0.3) is 15.9 Å². The van der Waals surface area contributed by atoms with E-state index in [1.54, 1.807) is 31.2 Å². The maximum Gasteiger partial charge on any atom is 0.265 e. The zero-order valence-corrected chi connectivity index (χ0v) is 16.3. The van der Waals surface area contributed by atoms with E-state index in [1.165, 1.54) is 0 Å². The molecule has 1 heterocycles. The molecule has 0 saturated heterocycles. The third kappa shape index (κ3) is 3.03. The molecule has 3 aromatic carbocycles. The van der Waals surface area contributed by atoms with E-state index in [4.69, 9.17) is 0 Å². The molecule has 0 spiro atoms. The number of hydrogen-bond acceptors (Lipinski definition) is 4. The zero-order valence-electron chi connectivity index (χ0n) is 15.5. The van der Waals surface area contributed by atoms with Crippen LogP contribution in [-0.4, -0.2) is 26.6 Å². The smallest absolute Gasteiger partial charge is 0.265 e. The number of carbonyl (C=O) groups is 1. The van der Waals surface area contributed by atoms with Gasteiger partial charge < -0.3 is 0 Å². The fourth-order valence-corrected chi connectivity index (χ4v) is 4.97. The number of rotatable bonds is 4. The van der Waals surface area contributed by atoms with Crippen molar-refractivity contribution in [2.24, 2.45) is 5.10 Å². The summed E-state index contributed by atoms with van der Waals surface area (Å²) in [6.07, 6.45) is 0. The molecular weight excluding hydrogens is 374 g/mol. The molecule has 1 amide bonds. The molecular formula is C21H19N3O3S. The van der Waals surface area contributed by atoms with Crippen LogP contribution in [0.25, 0.3) is 10.8 Å². The summed E-state index contributed by atoms with van der Waals surface area (Å²) in [5.74, 6) is -0.500. The second-order valence-corrected chi connectivity index (χ2v) is 8.57. The van der Waals surface area contributed by atoms with E-state index in [9.17, 15) is 13.2 Å². The van der Waals surface area contributed by atoms with Crippen molar-refractivity contribution in [2.45, 2.75) is 18.7 Å². The minimum Gasteiger partial charge on any atom is -0.271 e. The van der Waals surface area contributed by atoms with E-state index < -0.39 is 15.9 Å². The van der Waals surface area contributed by atoms with E-state index in [0.717, 1.165) is 20.8 Å². The Labute approximate surface area is 163 Å². The minimum absolute atomic E-state index is 0.229. The Balaban J connectivity index is 1.56. The maximum absolute atomic E-state index is 12.9. The molecule has 4 rings (SSSR count). The van der Waals surface area contributed by atoms with E-state index in [0.29, 0.717) is 16.8 Å². The predicted octanol–water partition coefficient (Wildman–Crippen LogP) is 3.20. The molecule has 142 valence electrons. The number of hydrazone groups is 1. The molecule has 0 aromatic heterocycles. The molecule has 0 saturated carbocycles. The summed E-state index contributed by atoms with van der Waals surface area (Å²) >= 11 is 0. The van der Waals surface area contributed by atoms with Gasteiger partial charge in [0.05, 0.1) is 16.3 Å². The SMILES string of the molecule is C/C(=N/NC(=O)CN1c2cccc3cccc(c23)S1(=O)=O)c1ccc(C)cc1. The number of anilines is 1. The number of nitrogens with zero attached hydrogens (tertiary/aromatic N) is 2. The van der Waals surface area contributed by atoms with Crippen LogP contribution in [0.5, 0.6) is 0 Å². The van der Waals surface area contributed by atoms with Crippen molar-refractivity contribution in [3.05, 3.63) is 71.8 Å². The van der Waals surface area contributed by atoms with Crippen molar-refractivity contribution in [3.63, 3.8) is 0 Å². The second kappa shape index (κ2) is 6.76. The second-order valence-electron chi connectivity index (χ2n) is 6.74. The van der Waals surface area contributed by atoms with Crippen molar-refractivity contribution in [2.75, 3.05) is 10.8 Å². The topological polar surface area (TPSA) is 78.8 Å². The number of carbonyl (C=O) groups excluding carboxylic acids is 1. The van der Waals surface area contributed by atoms with Crippen LogP contribution in [0.2, 0.25) is 0 Å². The van der Waals surface area contributed by atoms with Crippen LogP contribution in [0.4, 0.5) is 5.69 Å². The number of aryl methyl sites for hydroxylation is 1. The highest BCUT2D eigenvalue weighted by atomic mass is 32.2. The van der Waals surface area contributed by atoms with Gasteiger partial charge in [-0.1, -0.05) is 54.1 Å². The number of hydrogen-bond donors (Lipinski definition) is 1. The highest BCUT2D eigenvalue weighted by Gasteiger charge is 2.36. The van der Waals surface area contributed by atoms with Crippen molar-refractivity contribution < 1.29 is 13.2 Å². The van der Waals surface area contributed by atoms with Crippen LogP contribution in [0.15, 0.2) is 70.7 Å². The molecule has 0 atom stereocenters. The third-order valence-corrected chi connectivity index (χ3v) is 6.59. The first-order chi connectivity index (χ1) is 13.4. The normalized spacial score (nSPS) is 15.1. The van der Waals surface area contributed by atoms with Gasteiger partial charge in [-0.05, 0) is 36.9 Å². The Kier molecular flexibility index (Phi) is 4.39. The lowest BCUT2D eigenvalue weighted by Crippen LogP contribution is -2.37.